The van der Waals surface area contributed by atoms with Crippen LogP contribution >= 0.6 is 0 Å². The van der Waals surface area contributed by atoms with Crippen molar-refractivity contribution in [2.75, 3.05) is 7.05 Å². The Hall–Kier alpha value is -1.58. The summed E-state index contributed by atoms with van der Waals surface area (Å²) >= 11 is 0. The number of likely N-dealkylation sites (N-methyl/N-ethyl adjacent to an activating group) is 1. The second-order valence-electron chi connectivity index (χ2n) is 2.36. The van der Waals surface area contributed by atoms with Crippen LogP contribution in [0.25, 0.3) is 0 Å². The van der Waals surface area contributed by atoms with Crippen molar-refractivity contribution in [3.63, 3.8) is 0 Å². The fraction of sp³-hybridized carbons (Fsp3) is 0.250. The van der Waals surface area contributed by atoms with E-state index in [1.54, 1.807) is 13.1 Å². The normalized spacial score (nSPS) is 9.42. The summed E-state index contributed by atoms with van der Waals surface area (Å²) in [4.78, 5) is 14.7. The average Bonchev–Trinajstić information content (AvgIpc) is 2.09. The second kappa shape index (κ2) is 3.71. The number of hydrogen-bond donors (Lipinski definition) is 2. The minimum absolute atomic E-state index is 0.0896. The number of carbonyl (C=O) groups is 1. The molecule has 0 aromatic carbocycles. The molecular weight excluding hydrogens is 156 g/mol. The number of nitrogens with zero attached hydrogens (tertiary/aromatic N) is 1. The first-order valence-corrected chi connectivity index (χ1v) is 3.57. The summed E-state index contributed by atoms with van der Waals surface area (Å²) in [6, 6.07) is 3.12. The number of pyridine rings is 1. The van der Waals surface area contributed by atoms with Crippen molar-refractivity contribution in [3.8, 4) is 5.75 Å². The van der Waals surface area contributed by atoms with E-state index in [0.29, 0.717) is 5.69 Å². The Kier molecular flexibility index (Phi) is 2.63. The van der Waals surface area contributed by atoms with Gasteiger partial charge in [0.05, 0.1) is 12.6 Å². The summed E-state index contributed by atoms with van der Waals surface area (Å²) in [7, 11) is 1.57. The SMILES string of the molecule is CNC(=O)Cc1ccc(O)cn1. The van der Waals surface area contributed by atoms with Crippen LogP contribution in [-0.4, -0.2) is 23.0 Å². The van der Waals surface area contributed by atoms with E-state index in [0.717, 1.165) is 0 Å². The van der Waals surface area contributed by atoms with Crippen molar-refractivity contribution in [1.29, 1.82) is 0 Å². The van der Waals surface area contributed by atoms with E-state index in [4.69, 9.17) is 5.11 Å². The number of rotatable bonds is 2. The molecule has 0 saturated carbocycles. The first-order valence-electron chi connectivity index (χ1n) is 3.57. The van der Waals surface area contributed by atoms with Gasteiger partial charge >= 0.3 is 0 Å². The number of carbonyl (C=O) groups excluding carboxylic acids is 1. The van der Waals surface area contributed by atoms with Gasteiger partial charge in [-0.25, -0.2) is 0 Å². The monoisotopic (exact) mass is 166 g/mol. The predicted molar refractivity (Wildman–Crippen MR) is 43.7 cm³/mol. The van der Waals surface area contributed by atoms with Crippen LogP contribution in [0.1, 0.15) is 5.69 Å². The Morgan fingerprint density at radius 2 is 2.42 bits per heavy atom. The van der Waals surface area contributed by atoms with Gasteiger partial charge < -0.3 is 10.4 Å². The molecule has 0 radical (unpaired) electrons. The highest BCUT2D eigenvalue weighted by Crippen LogP contribution is 2.05. The molecule has 1 rings (SSSR count). The molecule has 1 aromatic heterocycles. The van der Waals surface area contributed by atoms with E-state index in [9.17, 15) is 4.79 Å². The van der Waals surface area contributed by atoms with Gasteiger partial charge in [0.2, 0.25) is 5.91 Å². The summed E-state index contributed by atoms with van der Waals surface area (Å²) in [5, 5.41) is 11.4. The number of hydrogen-bond acceptors (Lipinski definition) is 3. The highest BCUT2D eigenvalue weighted by Gasteiger charge is 2.00. The molecule has 1 heterocycles. The Morgan fingerprint density at radius 3 is 2.92 bits per heavy atom. The van der Waals surface area contributed by atoms with Crippen molar-refractivity contribution >= 4 is 5.91 Å². The molecule has 4 nitrogen and oxygen atoms in total. The van der Waals surface area contributed by atoms with Crippen molar-refractivity contribution < 1.29 is 9.90 Å². The fourth-order valence-corrected chi connectivity index (χ4v) is 0.774. The van der Waals surface area contributed by atoms with Gasteiger partial charge in [0.15, 0.2) is 0 Å². The summed E-state index contributed by atoms with van der Waals surface area (Å²) in [6.07, 6.45) is 1.56. The lowest BCUT2D eigenvalue weighted by Crippen LogP contribution is -2.20. The van der Waals surface area contributed by atoms with Crippen LogP contribution in [-0.2, 0) is 11.2 Å². The Bertz CT molecular complexity index is 269. The van der Waals surface area contributed by atoms with Crippen LogP contribution < -0.4 is 5.32 Å². The van der Waals surface area contributed by atoms with E-state index in [1.165, 1.54) is 12.3 Å². The van der Waals surface area contributed by atoms with Crippen molar-refractivity contribution in [1.82, 2.24) is 10.3 Å². The zero-order valence-electron chi connectivity index (χ0n) is 6.74. The van der Waals surface area contributed by atoms with Gasteiger partial charge in [0.25, 0.3) is 0 Å². The lowest BCUT2D eigenvalue weighted by Gasteiger charge is -1.98. The molecule has 0 atom stereocenters. The van der Waals surface area contributed by atoms with E-state index < -0.39 is 0 Å². The van der Waals surface area contributed by atoms with Crippen LogP contribution in [0.4, 0.5) is 0 Å². The maximum atomic E-state index is 10.9. The molecule has 2 N–H and O–H groups in total. The Balaban J connectivity index is 2.64. The fourth-order valence-electron chi connectivity index (χ4n) is 0.774. The van der Waals surface area contributed by atoms with Gasteiger partial charge in [-0.2, -0.15) is 0 Å². The molecule has 1 amide bonds. The molecule has 0 saturated heterocycles. The Labute approximate surface area is 70.3 Å². The summed E-state index contributed by atoms with van der Waals surface area (Å²) in [6.45, 7) is 0. The highest BCUT2D eigenvalue weighted by molar-refractivity contribution is 5.77. The van der Waals surface area contributed by atoms with Crippen molar-refractivity contribution in [3.05, 3.63) is 24.0 Å². The highest BCUT2D eigenvalue weighted by atomic mass is 16.3. The smallest absolute Gasteiger partial charge is 0.225 e. The molecule has 0 spiro atoms. The largest absolute Gasteiger partial charge is 0.506 e. The second-order valence-corrected chi connectivity index (χ2v) is 2.36. The molecule has 0 aliphatic heterocycles. The van der Waals surface area contributed by atoms with Crippen LogP contribution in [0.15, 0.2) is 18.3 Å². The molecule has 0 unspecified atom stereocenters. The van der Waals surface area contributed by atoms with E-state index in [-0.39, 0.29) is 18.1 Å². The molecule has 0 aliphatic carbocycles. The first kappa shape index (κ1) is 8.52. The third kappa shape index (κ3) is 2.23. The number of nitrogens with one attached hydrogen (secondary N) is 1. The zero-order chi connectivity index (χ0) is 8.97. The predicted octanol–water partition coefficient (Wildman–Crippen LogP) is 0.0757. The summed E-state index contributed by atoms with van der Waals surface area (Å²) < 4.78 is 0. The maximum Gasteiger partial charge on any atom is 0.225 e. The molecule has 4 heteroatoms. The third-order valence-corrected chi connectivity index (χ3v) is 1.43. The van der Waals surface area contributed by atoms with E-state index in [1.807, 2.05) is 0 Å². The summed E-state index contributed by atoms with van der Waals surface area (Å²) in [5.74, 6) is 0.0175. The first-order chi connectivity index (χ1) is 5.72. The molecule has 0 fully saturated rings. The van der Waals surface area contributed by atoms with Crippen LogP contribution in [0, 0.1) is 0 Å². The molecular formula is C8H10N2O2. The number of aromatic nitrogens is 1. The van der Waals surface area contributed by atoms with Gasteiger partial charge in [0.1, 0.15) is 5.75 Å². The molecule has 0 aliphatic rings. The zero-order valence-corrected chi connectivity index (χ0v) is 6.74. The van der Waals surface area contributed by atoms with Crippen LogP contribution in [0.3, 0.4) is 0 Å². The Morgan fingerprint density at radius 1 is 1.67 bits per heavy atom. The molecule has 64 valence electrons. The lowest BCUT2D eigenvalue weighted by molar-refractivity contribution is -0.120. The van der Waals surface area contributed by atoms with Gasteiger partial charge in [0, 0.05) is 12.7 Å². The number of aromatic hydroxyl groups is 1. The topological polar surface area (TPSA) is 62.2 Å². The average molecular weight is 166 g/mol. The standard InChI is InChI=1S/C8H10N2O2/c1-9-8(12)4-6-2-3-7(11)5-10-6/h2-3,5,11H,4H2,1H3,(H,9,12). The minimum atomic E-state index is -0.0896. The number of amides is 1. The van der Waals surface area contributed by atoms with Crippen molar-refractivity contribution in [2.24, 2.45) is 0 Å². The van der Waals surface area contributed by atoms with E-state index in [2.05, 4.69) is 10.3 Å². The maximum absolute atomic E-state index is 10.9. The molecule has 1 aromatic rings. The van der Waals surface area contributed by atoms with E-state index >= 15 is 0 Å². The molecule has 12 heavy (non-hydrogen) atoms. The van der Waals surface area contributed by atoms with Crippen LogP contribution in [0.5, 0.6) is 5.75 Å². The third-order valence-electron chi connectivity index (χ3n) is 1.43. The van der Waals surface area contributed by atoms with Gasteiger partial charge in [-0.3, -0.25) is 9.78 Å². The quantitative estimate of drug-likeness (QED) is 0.653. The summed E-state index contributed by atoms with van der Waals surface area (Å²) in [5.41, 5.74) is 0.646. The van der Waals surface area contributed by atoms with Gasteiger partial charge in [-0.1, -0.05) is 0 Å². The van der Waals surface area contributed by atoms with Crippen LogP contribution in [0.2, 0.25) is 0 Å². The van der Waals surface area contributed by atoms with Crippen molar-refractivity contribution in [2.45, 2.75) is 6.42 Å². The van der Waals surface area contributed by atoms with Gasteiger partial charge in [-0.05, 0) is 12.1 Å². The minimum Gasteiger partial charge on any atom is -0.506 e. The molecule has 0 bridgehead atoms. The lowest BCUT2D eigenvalue weighted by atomic mass is 10.2. The van der Waals surface area contributed by atoms with Gasteiger partial charge in [-0.15, -0.1) is 0 Å².